The van der Waals surface area contributed by atoms with E-state index in [9.17, 15) is 46.7 Å². The fraction of sp³-hybridized carbons (Fsp3) is 0.310. The molecule has 2 aliphatic heterocycles. The monoisotopic (exact) mass is 914 g/mol. The molecule has 0 bridgehead atoms. The minimum Gasteiger partial charge on any atom is -0.325 e. The third-order valence-electron chi connectivity index (χ3n) is 11.0. The normalized spacial score (nSPS) is 14.9. The van der Waals surface area contributed by atoms with E-state index in [4.69, 9.17) is 11.6 Å². The van der Waals surface area contributed by atoms with Crippen molar-refractivity contribution < 1.29 is 37.1 Å². The van der Waals surface area contributed by atoms with E-state index in [0.717, 1.165) is 26.9 Å². The predicted molar refractivity (Wildman–Crippen MR) is 226 cm³/mol. The molecule has 0 spiro atoms. The number of imide groups is 2. The zero-order chi connectivity index (χ0) is 46.1. The van der Waals surface area contributed by atoms with Gasteiger partial charge in [-0.2, -0.15) is 10.1 Å². The summed E-state index contributed by atoms with van der Waals surface area (Å²) in [6.07, 6.45) is 6.84. The molecule has 8 rings (SSSR count). The Morgan fingerprint density at radius 2 is 1.65 bits per heavy atom. The van der Waals surface area contributed by atoms with Crippen molar-refractivity contribution in [1.82, 2.24) is 49.1 Å². The van der Waals surface area contributed by atoms with Crippen molar-refractivity contribution in [2.45, 2.75) is 77.0 Å². The molecule has 3 aromatic carbocycles. The topological polar surface area (TPSA) is 230 Å². The van der Waals surface area contributed by atoms with Crippen molar-refractivity contribution in [3.8, 4) is 0 Å². The van der Waals surface area contributed by atoms with Crippen LogP contribution in [-0.4, -0.2) is 79.4 Å². The number of carbonyl (C=O) groups is 5. The number of aromatic nitrogens is 8. The van der Waals surface area contributed by atoms with Crippen LogP contribution in [0, 0.1) is 17.5 Å². The number of nitrogens with one attached hydrogen (secondary N) is 3. The second kappa shape index (κ2) is 18.3. The summed E-state index contributed by atoms with van der Waals surface area (Å²) in [5, 5.41) is 21.0. The molecule has 23 heteroatoms. The SMILES string of the molecule is Cn1cc2cc(Nc3nc(=O)n(Cc4cn(CCCCCCCC(=O)Nc5cccc6c5C(=O)N(C5CCC(=O)NC5=O)C6=O)nn4)c(=O)n3Cc3cc(F)c(F)cc3F)c(Cl)cc2n1. The van der Waals surface area contributed by atoms with Crippen LogP contribution in [-0.2, 0) is 41.1 Å². The highest BCUT2D eigenvalue weighted by Gasteiger charge is 2.45. The number of nitrogens with zero attached hydrogens (tertiary/aromatic N) is 9. The zero-order valence-electron chi connectivity index (χ0n) is 34.4. The lowest BCUT2D eigenvalue weighted by Crippen LogP contribution is -2.54. The van der Waals surface area contributed by atoms with Gasteiger partial charge in [-0.25, -0.2) is 27.3 Å². The highest BCUT2D eigenvalue weighted by Crippen LogP contribution is 2.33. The van der Waals surface area contributed by atoms with Gasteiger partial charge in [0.15, 0.2) is 11.6 Å². The van der Waals surface area contributed by atoms with E-state index in [0.29, 0.717) is 48.8 Å². The fourth-order valence-electron chi connectivity index (χ4n) is 7.75. The molecule has 1 fully saturated rings. The number of unbranched alkanes of at least 4 members (excludes halogenated alkanes) is 4. The first-order chi connectivity index (χ1) is 31.1. The molecule has 336 valence electrons. The molecule has 19 nitrogen and oxygen atoms in total. The van der Waals surface area contributed by atoms with E-state index < -0.39 is 70.6 Å². The van der Waals surface area contributed by atoms with Crippen molar-refractivity contribution in [2.24, 2.45) is 7.05 Å². The van der Waals surface area contributed by atoms with Gasteiger partial charge in [-0.3, -0.25) is 48.1 Å². The Kier molecular flexibility index (Phi) is 12.4. The lowest BCUT2D eigenvalue weighted by molar-refractivity contribution is -0.136. The molecule has 0 saturated carbocycles. The summed E-state index contributed by atoms with van der Waals surface area (Å²) in [5.74, 6) is -7.19. The summed E-state index contributed by atoms with van der Waals surface area (Å²) < 4.78 is 47.6. The lowest BCUT2D eigenvalue weighted by atomic mass is 10.0. The van der Waals surface area contributed by atoms with Crippen LogP contribution in [0.15, 0.2) is 64.4 Å². The molecular weight excluding hydrogens is 877 g/mol. The second-order valence-corrected chi connectivity index (χ2v) is 16.0. The number of hydrogen-bond acceptors (Lipinski definition) is 12. The summed E-state index contributed by atoms with van der Waals surface area (Å²) in [6, 6.07) is 7.49. The average molecular weight is 915 g/mol. The Balaban J connectivity index is 0.854. The average Bonchev–Trinajstić information content (AvgIpc) is 3.93. The zero-order valence-corrected chi connectivity index (χ0v) is 35.2. The van der Waals surface area contributed by atoms with Crippen LogP contribution in [0.4, 0.5) is 30.5 Å². The van der Waals surface area contributed by atoms with Crippen molar-refractivity contribution in [3.05, 3.63) is 121 Å². The van der Waals surface area contributed by atoms with Crippen LogP contribution in [0.2, 0.25) is 5.02 Å². The van der Waals surface area contributed by atoms with Crippen LogP contribution < -0.4 is 27.3 Å². The second-order valence-electron chi connectivity index (χ2n) is 15.6. The van der Waals surface area contributed by atoms with Crippen LogP contribution in [0.1, 0.15) is 83.3 Å². The third kappa shape index (κ3) is 9.28. The van der Waals surface area contributed by atoms with Gasteiger partial charge in [-0.05, 0) is 49.6 Å². The minimum atomic E-state index is -1.42. The fourth-order valence-corrected chi connectivity index (χ4v) is 7.95. The highest BCUT2D eigenvalue weighted by atomic mass is 35.5. The Morgan fingerprint density at radius 1 is 0.877 bits per heavy atom. The molecule has 5 heterocycles. The molecule has 65 heavy (non-hydrogen) atoms. The molecule has 0 aliphatic carbocycles. The maximum Gasteiger partial charge on any atom is 0.355 e. The van der Waals surface area contributed by atoms with E-state index in [1.165, 1.54) is 22.9 Å². The Hall–Kier alpha value is -7.49. The van der Waals surface area contributed by atoms with Crippen LogP contribution >= 0.6 is 11.6 Å². The molecule has 1 atom stereocenters. The van der Waals surface area contributed by atoms with Crippen molar-refractivity contribution in [2.75, 3.05) is 10.6 Å². The number of halogens is 4. The van der Waals surface area contributed by atoms with Gasteiger partial charge < -0.3 is 10.6 Å². The van der Waals surface area contributed by atoms with E-state index >= 15 is 0 Å². The summed E-state index contributed by atoms with van der Waals surface area (Å²) >= 11 is 6.49. The first-order valence-corrected chi connectivity index (χ1v) is 20.8. The maximum absolute atomic E-state index is 14.9. The molecule has 5 amide bonds. The first kappa shape index (κ1) is 44.1. The van der Waals surface area contributed by atoms with Crippen LogP contribution in [0.25, 0.3) is 10.9 Å². The van der Waals surface area contributed by atoms with Gasteiger partial charge in [0.2, 0.25) is 23.7 Å². The molecule has 3 aromatic heterocycles. The van der Waals surface area contributed by atoms with Crippen LogP contribution in [0.5, 0.6) is 0 Å². The number of amides is 5. The number of anilines is 3. The maximum atomic E-state index is 14.9. The smallest absolute Gasteiger partial charge is 0.325 e. The van der Waals surface area contributed by atoms with Gasteiger partial charge in [0.05, 0.1) is 52.3 Å². The Labute approximate surface area is 370 Å². The molecule has 3 N–H and O–H groups in total. The van der Waals surface area contributed by atoms with Gasteiger partial charge in [0.1, 0.15) is 17.6 Å². The minimum absolute atomic E-state index is 0.00363. The van der Waals surface area contributed by atoms with Gasteiger partial charge in [0, 0.05) is 49.6 Å². The van der Waals surface area contributed by atoms with Gasteiger partial charge in [0.25, 0.3) is 11.8 Å². The third-order valence-corrected chi connectivity index (χ3v) is 11.3. The number of hydrogen-bond donors (Lipinski definition) is 3. The predicted octanol–water partition coefficient (Wildman–Crippen LogP) is 4.17. The van der Waals surface area contributed by atoms with Gasteiger partial charge >= 0.3 is 11.4 Å². The number of aryl methyl sites for hydroxylation is 2. The number of fused-ring (bicyclic) bond motifs is 2. The van der Waals surface area contributed by atoms with E-state index in [-0.39, 0.29) is 70.9 Å². The highest BCUT2D eigenvalue weighted by molar-refractivity contribution is 6.34. The Morgan fingerprint density at radius 3 is 2.45 bits per heavy atom. The molecule has 6 aromatic rings. The molecule has 0 radical (unpaired) electrons. The van der Waals surface area contributed by atoms with Crippen molar-refractivity contribution in [3.63, 3.8) is 0 Å². The van der Waals surface area contributed by atoms with Gasteiger partial charge in [-0.15, -0.1) is 5.10 Å². The molecule has 1 unspecified atom stereocenters. The van der Waals surface area contributed by atoms with Crippen molar-refractivity contribution in [1.29, 1.82) is 0 Å². The standard InChI is InChI=1S/C42H38ClF3N12O7/c1-54-18-23-15-32(26(43)16-31(23)52-54)48-40-50-41(64)57(42(65)56(40)19-22-14-28(45)29(46)17-27(22)44)21-24-20-55(53-51-24)13-6-4-2-3-5-10-34(59)47-30-9-7-8-25-36(30)39(63)58(38(25)62)33-11-12-35(60)49-37(33)61/h7-9,14-18,20,33H,2-6,10-13,19,21H2,1H3,(H,47,59)(H,48,50,64)(H,49,60,61). The molecule has 1 saturated heterocycles. The summed E-state index contributed by atoms with van der Waals surface area (Å²) in [7, 11) is 1.71. The quantitative estimate of drug-likeness (QED) is 0.0706. The number of benzene rings is 3. The summed E-state index contributed by atoms with van der Waals surface area (Å²) in [6.45, 7) is -0.580. The number of piperidine rings is 1. The van der Waals surface area contributed by atoms with E-state index in [2.05, 4.69) is 36.3 Å². The van der Waals surface area contributed by atoms with E-state index in [1.54, 1.807) is 36.3 Å². The van der Waals surface area contributed by atoms with E-state index in [1.807, 2.05) is 0 Å². The number of carbonyl (C=O) groups excluding carboxylic acids is 5. The molecular formula is C42H38ClF3N12O7. The van der Waals surface area contributed by atoms with Gasteiger partial charge in [-0.1, -0.05) is 42.1 Å². The largest absolute Gasteiger partial charge is 0.355 e. The first-order valence-electron chi connectivity index (χ1n) is 20.4. The van der Waals surface area contributed by atoms with Crippen molar-refractivity contribution >= 4 is 69.4 Å². The number of rotatable bonds is 16. The summed E-state index contributed by atoms with van der Waals surface area (Å²) in [4.78, 5) is 95.5. The molecule has 2 aliphatic rings. The van der Waals surface area contributed by atoms with Crippen LogP contribution in [0.3, 0.4) is 0 Å². The summed E-state index contributed by atoms with van der Waals surface area (Å²) in [5.41, 5.74) is -1.11. The Bertz CT molecular complexity index is 3060. The lowest BCUT2D eigenvalue weighted by Gasteiger charge is -2.27.